The number of hydrogen-bond acceptors (Lipinski definition) is 4. The minimum Gasteiger partial charge on any atom is -0.507 e. The zero-order valence-corrected chi connectivity index (χ0v) is 21.2. The van der Waals surface area contributed by atoms with Crippen LogP contribution in [0.4, 0.5) is 5.69 Å². The van der Waals surface area contributed by atoms with Gasteiger partial charge in [0.2, 0.25) is 0 Å². The van der Waals surface area contributed by atoms with Crippen LogP contribution in [0.1, 0.15) is 54.8 Å². The normalized spacial score (nSPS) is 15.0. The summed E-state index contributed by atoms with van der Waals surface area (Å²) in [5.74, 6) is 1.41. The Morgan fingerprint density at radius 2 is 1.61 bits per heavy atom. The van der Waals surface area contributed by atoms with Crippen molar-refractivity contribution in [1.82, 2.24) is 14.5 Å². The summed E-state index contributed by atoms with van der Waals surface area (Å²) in [6, 6.07) is 21.7. The summed E-state index contributed by atoms with van der Waals surface area (Å²) in [6.07, 6.45) is 5.43. The van der Waals surface area contributed by atoms with Crippen molar-refractivity contribution in [3.05, 3.63) is 96.5 Å². The highest BCUT2D eigenvalue weighted by molar-refractivity contribution is 5.74. The maximum Gasteiger partial charge on any atom is 0.148 e. The van der Waals surface area contributed by atoms with Crippen molar-refractivity contribution in [3.63, 3.8) is 0 Å². The van der Waals surface area contributed by atoms with Crippen LogP contribution >= 0.6 is 0 Å². The number of para-hydroxylation sites is 2. The molecule has 0 fully saturated rings. The summed E-state index contributed by atoms with van der Waals surface area (Å²) >= 11 is 0. The Kier molecular flexibility index (Phi) is 5.38. The van der Waals surface area contributed by atoms with Gasteiger partial charge in [-0.3, -0.25) is 4.57 Å². The van der Waals surface area contributed by atoms with Gasteiger partial charge in [0, 0.05) is 40.9 Å². The molecule has 0 saturated carbocycles. The molecule has 0 amide bonds. The SMILES string of the molecule is [2H]C([2H])([2H])N1C=CN(c2cccc(-c3cn(-c4c(C(C)C)cccc4C(C)C)c(-c4ccccc4O)n3)c2)C1. The maximum atomic E-state index is 10.8. The summed E-state index contributed by atoms with van der Waals surface area (Å²) in [7, 11) is 0. The van der Waals surface area contributed by atoms with Crippen molar-refractivity contribution in [2.45, 2.75) is 39.5 Å². The largest absolute Gasteiger partial charge is 0.507 e. The van der Waals surface area contributed by atoms with Gasteiger partial charge in [0.05, 0.1) is 23.6 Å². The number of hydrogen-bond donors (Lipinski definition) is 1. The average molecular weight is 482 g/mol. The Morgan fingerprint density at radius 3 is 2.28 bits per heavy atom. The van der Waals surface area contributed by atoms with Gasteiger partial charge in [0.1, 0.15) is 11.6 Å². The number of imidazole rings is 1. The van der Waals surface area contributed by atoms with Crippen LogP contribution in [0, 0.1) is 0 Å². The van der Waals surface area contributed by atoms with Crippen molar-refractivity contribution in [3.8, 4) is 34.1 Å². The van der Waals surface area contributed by atoms with E-state index in [4.69, 9.17) is 9.10 Å². The number of phenolic OH excluding ortho intramolecular Hbond substituents is 1. The molecule has 3 aromatic carbocycles. The topological polar surface area (TPSA) is 44.5 Å². The quantitative estimate of drug-likeness (QED) is 0.313. The third-order valence-electron chi connectivity index (χ3n) is 6.64. The Labute approximate surface area is 218 Å². The van der Waals surface area contributed by atoms with Gasteiger partial charge in [-0.2, -0.15) is 0 Å². The molecule has 0 unspecified atom stereocenters. The van der Waals surface area contributed by atoms with Gasteiger partial charge in [-0.05, 0) is 47.2 Å². The molecule has 0 saturated heterocycles. The first-order chi connectivity index (χ1) is 18.5. The Hall–Kier alpha value is -3.99. The maximum absolute atomic E-state index is 10.8. The van der Waals surface area contributed by atoms with Crippen LogP contribution in [0.2, 0.25) is 0 Å². The van der Waals surface area contributed by atoms with Crippen molar-refractivity contribution in [1.29, 1.82) is 0 Å². The minimum atomic E-state index is -2.19. The van der Waals surface area contributed by atoms with Crippen LogP contribution in [0.25, 0.3) is 28.3 Å². The molecule has 0 aliphatic carbocycles. The van der Waals surface area contributed by atoms with E-state index >= 15 is 0 Å². The molecule has 1 aliphatic heterocycles. The second kappa shape index (κ2) is 9.57. The van der Waals surface area contributed by atoms with Crippen molar-refractivity contribution in [2.75, 3.05) is 18.5 Å². The van der Waals surface area contributed by atoms with Gasteiger partial charge in [-0.1, -0.05) is 70.2 Å². The van der Waals surface area contributed by atoms with E-state index in [1.54, 1.807) is 18.5 Å². The fourth-order valence-electron chi connectivity index (χ4n) is 4.76. The van der Waals surface area contributed by atoms with Crippen LogP contribution in [-0.2, 0) is 0 Å². The molecular formula is C31H34N4O. The van der Waals surface area contributed by atoms with Gasteiger partial charge in [0.25, 0.3) is 0 Å². The molecule has 5 nitrogen and oxygen atoms in total. The predicted octanol–water partition coefficient (Wildman–Crippen LogP) is 7.34. The van der Waals surface area contributed by atoms with Gasteiger partial charge >= 0.3 is 0 Å². The second-order valence-corrected chi connectivity index (χ2v) is 9.86. The molecule has 184 valence electrons. The summed E-state index contributed by atoms with van der Waals surface area (Å²) in [6.45, 7) is 6.82. The first-order valence-electron chi connectivity index (χ1n) is 13.9. The number of aromatic hydroxyl groups is 1. The molecular weight excluding hydrogens is 444 g/mol. The monoisotopic (exact) mass is 481 g/mol. The molecule has 1 N–H and O–H groups in total. The molecule has 1 aromatic heterocycles. The van der Waals surface area contributed by atoms with E-state index in [1.165, 1.54) is 16.0 Å². The van der Waals surface area contributed by atoms with Crippen molar-refractivity contribution >= 4 is 5.69 Å². The molecule has 0 bridgehead atoms. The molecule has 0 spiro atoms. The smallest absolute Gasteiger partial charge is 0.148 e. The number of anilines is 1. The predicted molar refractivity (Wildman–Crippen MR) is 149 cm³/mol. The zero-order chi connectivity index (χ0) is 27.9. The lowest BCUT2D eigenvalue weighted by molar-refractivity contribution is 0.477. The Morgan fingerprint density at radius 1 is 0.889 bits per heavy atom. The van der Waals surface area contributed by atoms with Crippen molar-refractivity contribution in [2.24, 2.45) is 0 Å². The Bertz CT molecular complexity index is 1490. The first kappa shape index (κ1) is 20.2. The lowest BCUT2D eigenvalue weighted by atomic mass is 9.92. The standard InChI is InChI=1S/C31H34N4O/c1-21(2)25-13-9-14-26(22(3)4)30(25)35-19-28(32-31(35)27-12-6-7-15-29(27)36)23-10-8-11-24(18-23)34-17-16-33(5)20-34/h6-19,21-22,36H,20H2,1-5H3/i5D3. The average Bonchev–Trinajstić information content (AvgIpc) is 3.57. The van der Waals surface area contributed by atoms with E-state index < -0.39 is 6.98 Å². The van der Waals surface area contributed by atoms with Crippen LogP contribution in [0.5, 0.6) is 5.75 Å². The highest BCUT2D eigenvalue weighted by Crippen LogP contribution is 2.38. The molecule has 2 heterocycles. The molecule has 5 heteroatoms. The van der Waals surface area contributed by atoms with E-state index in [2.05, 4.69) is 50.5 Å². The zero-order valence-electron chi connectivity index (χ0n) is 24.2. The lowest BCUT2D eigenvalue weighted by Gasteiger charge is -2.22. The summed E-state index contributed by atoms with van der Waals surface area (Å²) in [5, 5.41) is 10.8. The van der Waals surface area contributed by atoms with Gasteiger partial charge < -0.3 is 14.9 Å². The van der Waals surface area contributed by atoms with Crippen LogP contribution in [0.15, 0.2) is 85.3 Å². The van der Waals surface area contributed by atoms with Gasteiger partial charge in [-0.15, -0.1) is 0 Å². The highest BCUT2D eigenvalue weighted by atomic mass is 16.3. The lowest BCUT2D eigenvalue weighted by Crippen LogP contribution is -2.21. The van der Waals surface area contributed by atoms with Crippen LogP contribution in [0.3, 0.4) is 0 Å². The molecule has 0 atom stereocenters. The van der Waals surface area contributed by atoms with E-state index in [-0.39, 0.29) is 24.3 Å². The summed E-state index contributed by atoms with van der Waals surface area (Å²) in [4.78, 5) is 8.32. The van der Waals surface area contributed by atoms with Crippen LogP contribution < -0.4 is 4.90 Å². The van der Waals surface area contributed by atoms with Gasteiger partial charge in [-0.25, -0.2) is 4.98 Å². The van der Waals surface area contributed by atoms with E-state index in [9.17, 15) is 5.11 Å². The van der Waals surface area contributed by atoms with E-state index in [0.29, 0.717) is 11.4 Å². The minimum absolute atomic E-state index is 0.171. The van der Waals surface area contributed by atoms with Crippen molar-refractivity contribution < 1.29 is 9.22 Å². The van der Waals surface area contributed by atoms with E-state index in [1.807, 2.05) is 53.6 Å². The van der Waals surface area contributed by atoms with E-state index in [0.717, 1.165) is 22.6 Å². The fourth-order valence-corrected chi connectivity index (χ4v) is 4.76. The van der Waals surface area contributed by atoms with Gasteiger partial charge in [0.15, 0.2) is 0 Å². The third kappa shape index (κ3) is 4.37. The fraction of sp³-hybridized carbons (Fsp3) is 0.258. The molecule has 5 rings (SSSR count). The molecule has 4 aromatic rings. The molecule has 1 aliphatic rings. The summed E-state index contributed by atoms with van der Waals surface area (Å²) < 4.78 is 25.2. The highest BCUT2D eigenvalue weighted by Gasteiger charge is 2.22. The summed E-state index contributed by atoms with van der Waals surface area (Å²) in [5.41, 5.74) is 6.70. The first-order valence-corrected chi connectivity index (χ1v) is 12.4. The second-order valence-electron chi connectivity index (χ2n) is 9.86. The van der Waals surface area contributed by atoms with Crippen LogP contribution in [-0.4, -0.2) is 33.2 Å². The number of nitrogens with zero attached hydrogens (tertiary/aromatic N) is 4. The molecule has 0 radical (unpaired) electrons. The number of phenols is 1. The molecule has 36 heavy (non-hydrogen) atoms. The Balaban J connectivity index is 1.67. The number of benzene rings is 3. The number of aromatic nitrogens is 2. The number of rotatable bonds is 6. The third-order valence-corrected chi connectivity index (χ3v) is 6.64.